The van der Waals surface area contributed by atoms with Gasteiger partial charge in [-0.25, -0.2) is 0 Å². The minimum Gasteiger partial charge on any atom is -0.481 e. The van der Waals surface area contributed by atoms with Gasteiger partial charge in [-0.15, -0.1) is 11.8 Å². The average Bonchev–Trinajstić information content (AvgIpc) is 2.60. The summed E-state index contributed by atoms with van der Waals surface area (Å²) in [4.78, 5) is 13.3. The molecule has 2 rings (SSSR count). The predicted octanol–water partition coefficient (Wildman–Crippen LogP) is 4.58. The van der Waals surface area contributed by atoms with Crippen molar-refractivity contribution in [2.75, 3.05) is 12.3 Å². The first-order chi connectivity index (χ1) is 11.6. The molecule has 0 bridgehead atoms. The summed E-state index contributed by atoms with van der Waals surface area (Å²) in [6.07, 6.45) is 0.362. The molecule has 0 saturated heterocycles. The third kappa shape index (κ3) is 5.77. The highest BCUT2D eigenvalue weighted by molar-refractivity contribution is 7.99. The number of carbonyl (C=O) groups excluding carboxylic acids is 1. The van der Waals surface area contributed by atoms with Crippen LogP contribution in [0, 0.1) is 0 Å². The predicted molar refractivity (Wildman–Crippen MR) is 101 cm³/mol. The lowest BCUT2D eigenvalue weighted by atomic mass is 10.1. The van der Waals surface area contributed by atoms with E-state index in [1.54, 1.807) is 18.7 Å². The summed E-state index contributed by atoms with van der Waals surface area (Å²) in [5.41, 5.74) is 1.11. The van der Waals surface area contributed by atoms with E-state index >= 15 is 0 Å². The number of rotatable bonds is 8. The van der Waals surface area contributed by atoms with Gasteiger partial charge in [-0.2, -0.15) is 0 Å². The molecule has 1 atom stereocenters. The second kappa shape index (κ2) is 9.60. The van der Waals surface area contributed by atoms with Crippen molar-refractivity contribution >= 4 is 29.3 Å². The summed E-state index contributed by atoms with van der Waals surface area (Å²) in [5, 5.41) is 3.64. The normalized spacial score (nSPS) is 11.8. The zero-order valence-electron chi connectivity index (χ0n) is 13.9. The standard InChI is InChI=1S/C19H22ClNO2S/c1-3-15-6-4-5-7-18(15)23-14(2)19(22)21-12-13-24-17-10-8-16(20)9-11-17/h4-11,14H,3,12-13H2,1-2H3,(H,21,22)/t14-/m1/s1. The van der Waals surface area contributed by atoms with Crippen molar-refractivity contribution in [2.24, 2.45) is 0 Å². The van der Waals surface area contributed by atoms with Crippen molar-refractivity contribution < 1.29 is 9.53 Å². The molecule has 0 unspecified atom stereocenters. The van der Waals surface area contributed by atoms with Crippen LogP contribution in [0.4, 0.5) is 0 Å². The fourth-order valence-corrected chi connectivity index (χ4v) is 3.07. The van der Waals surface area contributed by atoms with Gasteiger partial charge < -0.3 is 10.1 Å². The molecule has 0 aliphatic rings. The van der Waals surface area contributed by atoms with Crippen LogP contribution in [0.5, 0.6) is 5.75 Å². The summed E-state index contributed by atoms with van der Waals surface area (Å²) in [5.74, 6) is 1.47. The number of thioether (sulfide) groups is 1. The Morgan fingerprint density at radius 3 is 2.62 bits per heavy atom. The highest BCUT2D eigenvalue weighted by Gasteiger charge is 2.15. The molecule has 5 heteroatoms. The molecule has 128 valence electrons. The second-order valence-electron chi connectivity index (χ2n) is 5.31. The molecule has 0 aliphatic heterocycles. The Bertz CT molecular complexity index is 661. The average molecular weight is 364 g/mol. The van der Waals surface area contributed by atoms with Crippen LogP contribution in [-0.4, -0.2) is 24.3 Å². The molecule has 1 amide bonds. The van der Waals surface area contributed by atoms with Crippen LogP contribution in [-0.2, 0) is 11.2 Å². The van der Waals surface area contributed by atoms with Crippen molar-refractivity contribution in [2.45, 2.75) is 31.3 Å². The summed E-state index contributed by atoms with van der Waals surface area (Å²) in [7, 11) is 0. The Morgan fingerprint density at radius 1 is 1.21 bits per heavy atom. The number of ether oxygens (including phenoxy) is 1. The fourth-order valence-electron chi connectivity index (χ4n) is 2.17. The number of aryl methyl sites for hydroxylation is 1. The number of halogens is 1. The van der Waals surface area contributed by atoms with Crippen molar-refractivity contribution in [3.05, 3.63) is 59.1 Å². The smallest absolute Gasteiger partial charge is 0.260 e. The molecule has 0 heterocycles. The molecule has 3 nitrogen and oxygen atoms in total. The number of hydrogen-bond acceptors (Lipinski definition) is 3. The third-order valence-electron chi connectivity index (χ3n) is 3.51. The fraction of sp³-hybridized carbons (Fsp3) is 0.316. The molecule has 1 N–H and O–H groups in total. The van der Waals surface area contributed by atoms with Gasteiger partial charge in [0.15, 0.2) is 6.10 Å². The molecular formula is C19H22ClNO2S. The Hall–Kier alpha value is -1.65. The van der Waals surface area contributed by atoms with Crippen LogP contribution in [0.1, 0.15) is 19.4 Å². The minimum absolute atomic E-state index is 0.0994. The van der Waals surface area contributed by atoms with Crippen LogP contribution in [0.3, 0.4) is 0 Å². The first kappa shape index (κ1) is 18.7. The van der Waals surface area contributed by atoms with E-state index < -0.39 is 6.10 Å². The number of nitrogens with one attached hydrogen (secondary N) is 1. The lowest BCUT2D eigenvalue weighted by molar-refractivity contribution is -0.127. The van der Waals surface area contributed by atoms with E-state index in [1.807, 2.05) is 48.5 Å². The van der Waals surface area contributed by atoms with Crippen molar-refractivity contribution in [1.29, 1.82) is 0 Å². The Kier molecular flexibility index (Phi) is 7.47. The summed E-state index contributed by atoms with van der Waals surface area (Å²) >= 11 is 7.54. The number of amides is 1. The third-order valence-corrected chi connectivity index (χ3v) is 4.78. The van der Waals surface area contributed by atoms with Gasteiger partial charge in [0.1, 0.15) is 5.75 Å². The van der Waals surface area contributed by atoms with Gasteiger partial charge in [-0.3, -0.25) is 4.79 Å². The molecule has 0 fully saturated rings. The Morgan fingerprint density at radius 2 is 1.92 bits per heavy atom. The summed E-state index contributed by atoms with van der Waals surface area (Å²) < 4.78 is 5.79. The first-order valence-corrected chi connectivity index (χ1v) is 9.37. The topological polar surface area (TPSA) is 38.3 Å². The van der Waals surface area contributed by atoms with E-state index in [9.17, 15) is 4.79 Å². The SMILES string of the molecule is CCc1ccccc1O[C@H](C)C(=O)NCCSc1ccc(Cl)cc1. The monoisotopic (exact) mass is 363 g/mol. The van der Waals surface area contributed by atoms with E-state index in [0.717, 1.165) is 33.4 Å². The number of hydrogen-bond donors (Lipinski definition) is 1. The second-order valence-corrected chi connectivity index (χ2v) is 6.92. The van der Waals surface area contributed by atoms with Gasteiger partial charge in [0.05, 0.1) is 0 Å². The Balaban J connectivity index is 1.74. The van der Waals surface area contributed by atoms with E-state index in [-0.39, 0.29) is 5.91 Å². The van der Waals surface area contributed by atoms with Crippen molar-refractivity contribution in [3.8, 4) is 5.75 Å². The minimum atomic E-state index is -0.516. The van der Waals surface area contributed by atoms with Gasteiger partial charge >= 0.3 is 0 Å². The van der Waals surface area contributed by atoms with Gasteiger partial charge in [0, 0.05) is 22.2 Å². The summed E-state index contributed by atoms with van der Waals surface area (Å²) in [6, 6.07) is 15.5. The van der Waals surface area contributed by atoms with E-state index in [1.165, 1.54) is 0 Å². The quantitative estimate of drug-likeness (QED) is 0.551. The molecular weight excluding hydrogens is 342 g/mol. The molecule has 0 spiro atoms. The molecule has 0 radical (unpaired) electrons. The lowest BCUT2D eigenvalue weighted by Crippen LogP contribution is -2.37. The van der Waals surface area contributed by atoms with E-state index in [4.69, 9.17) is 16.3 Å². The van der Waals surface area contributed by atoms with Crippen LogP contribution < -0.4 is 10.1 Å². The molecule has 2 aromatic rings. The largest absolute Gasteiger partial charge is 0.481 e. The zero-order valence-corrected chi connectivity index (χ0v) is 15.5. The molecule has 0 aromatic heterocycles. The first-order valence-electron chi connectivity index (χ1n) is 8.00. The Labute approximate surface area is 152 Å². The van der Waals surface area contributed by atoms with Gasteiger partial charge in [0.25, 0.3) is 5.91 Å². The maximum Gasteiger partial charge on any atom is 0.260 e. The highest BCUT2D eigenvalue weighted by atomic mass is 35.5. The van der Waals surface area contributed by atoms with Crippen molar-refractivity contribution in [3.63, 3.8) is 0 Å². The maximum atomic E-state index is 12.1. The highest BCUT2D eigenvalue weighted by Crippen LogP contribution is 2.20. The number of carbonyl (C=O) groups is 1. The van der Waals surface area contributed by atoms with Crippen LogP contribution >= 0.6 is 23.4 Å². The van der Waals surface area contributed by atoms with Gasteiger partial charge in [-0.1, -0.05) is 36.7 Å². The van der Waals surface area contributed by atoms with Crippen molar-refractivity contribution in [1.82, 2.24) is 5.32 Å². The summed E-state index contributed by atoms with van der Waals surface area (Å²) in [6.45, 7) is 4.43. The number of benzene rings is 2. The molecule has 0 aliphatic carbocycles. The lowest BCUT2D eigenvalue weighted by Gasteiger charge is -2.16. The van der Waals surface area contributed by atoms with Crippen LogP contribution in [0.2, 0.25) is 5.02 Å². The van der Waals surface area contributed by atoms with Gasteiger partial charge in [-0.05, 0) is 49.2 Å². The molecule has 2 aromatic carbocycles. The maximum absolute atomic E-state index is 12.1. The van der Waals surface area contributed by atoms with Gasteiger partial charge in [0.2, 0.25) is 0 Å². The zero-order chi connectivity index (χ0) is 17.4. The molecule has 0 saturated carbocycles. The molecule has 24 heavy (non-hydrogen) atoms. The number of para-hydroxylation sites is 1. The van der Waals surface area contributed by atoms with Crippen LogP contribution in [0.15, 0.2) is 53.4 Å². The van der Waals surface area contributed by atoms with E-state index in [2.05, 4.69) is 12.2 Å². The van der Waals surface area contributed by atoms with Crippen LogP contribution in [0.25, 0.3) is 0 Å². The van der Waals surface area contributed by atoms with E-state index in [0.29, 0.717) is 6.54 Å².